The maximum Gasteiger partial charge on any atom is 0.331 e. The van der Waals surface area contributed by atoms with Gasteiger partial charge in [0.1, 0.15) is 11.4 Å². The van der Waals surface area contributed by atoms with E-state index in [1.165, 1.54) is 13.0 Å². The molecule has 0 bridgehead atoms. The number of aliphatic carboxylic acids is 1. The Balaban J connectivity index is 1.50. The molecule has 0 unspecified atom stereocenters. The zero-order valence-corrected chi connectivity index (χ0v) is 30.4. The van der Waals surface area contributed by atoms with Crippen LogP contribution in [-0.2, 0) is 14.4 Å². The maximum absolute atomic E-state index is 14.9. The molecule has 0 aliphatic heterocycles. The third kappa shape index (κ3) is 5.03. The molecular weight excluding hydrogens is 632 g/mol. The van der Waals surface area contributed by atoms with Gasteiger partial charge in [-0.2, -0.15) is 0 Å². The first-order chi connectivity index (χ1) is 23.2. The SMILES string of the molecule is C[C@H](O)CC(=C[C@@H](O)C[C@@H](C)[C@@H]1C[C@]2(O)C=C[C@@]3(O)C4=C(C(=O)C[C@@]1(C)[C@]42C)[C@@]1(C)CCC(=O)C(C)(C)[C@@H]1[C@@H]3C=Cc1ccccc1)C(=O)O. The molecule has 2 saturated carbocycles. The van der Waals surface area contributed by atoms with Gasteiger partial charge in [0.15, 0.2) is 5.78 Å². The predicted molar refractivity (Wildman–Crippen MR) is 190 cm³/mol. The number of hydrogen-bond donors (Lipinski definition) is 5. The molecule has 50 heavy (non-hydrogen) atoms. The monoisotopic (exact) mass is 686 g/mol. The summed E-state index contributed by atoms with van der Waals surface area (Å²) in [6.07, 6.45) is 8.04. The minimum atomic E-state index is -1.66. The summed E-state index contributed by atoms with van der Waals surface area (Å²) in [7, 11) is 0. The molecule has 1 aromatic carbocycles. The van der Waals surface area contributed by atoms with Crippen LogP contribution in [0.3, 0.4) is 0 Å². The van der Waals surface area contributed by atoms with Gasteiger partial charge in [0.05, 0.1) is 17.8 Å². The number of carbonyl (C=O) groups excluding carboxylic acids is 2. The van der Waals surface area contributed by atoms with Gasteiger partial charge >= 0.3 is 5.97 Å². The van der Waals surface area contributed by atoms with Gasteiger partial charge in [-0.3, -0.25) is 9.59 Å². The number of hydrogen-bond acceptors (Lipinski definition) is 7. The summed E-state index contributed by atoms with van der Waals surface area (Å²) in [6, 6.07) is 9.81. The second kappa shape index (κ2) is 11.9. The number of aliphatic hydroxyl groups is 4. The minimum absolute atomic E-state index is 0.0659. The van der Waals surface area contributed by atoms with Crippen LogP contribution >= 0.6 is 0 Å². The number of fused-ring (bicyclic) bond motifs is 2. The second-order valence-electron chi connectivity index (χ2n) is 17.5. The van der Waals surface area contributed by atoms with Crippen LogP contribution in [0.4, 0.5) is 0 Å². The molecule has 5 aliphatic carbocycles. The number of Topliss-reactive ketones (excluding diaryl/α,β-unsaturated/α-hetero) is 2. The quantitative estimate of drug-likeness (QED) is 0.160. The van der Waals surface area contributed by atoms with E-state index in [1.54, 1.807) is 12.2 Å². The van der Waals surface area contributed by atoms with Gasteiger partial charge in [-0.15, -0.1) is 0 Å². The number of aliphatic hydroxyl groups excluding tert-OH is 2. The van der Waals surface area contributed by atoms with Gasteiger partial charge in [-0.1, -0.05) is 90.1 Å². The van der Waals surface area contributed by atoms with Crippen LogP contribution in [0.25, 0.3) is 6.08 Å². The number of allylic oxidation sites excluding steroid dienone is 1. The molecule has 270 valence electrons. The van der Waals surface area contributed by atoms with E-state index in [2.05, 4.69) is 6.92 Å². The zero-order chi connectivity index (χ0) is 36.8. The summed E-state index contributed by atoms with van der Waals surface area (Å²) in [5.74, 6) is -2.65. The minimum Gasteiger partial charge on any atom is -0.478 e. The van der Waals surface area contributed by atoms with Crippen LogP contribution in [-0.4, -0.2) is 66.5 Å². The van der Waals surface area contributed by atoms with Crippen molar-refractivity contribution < 1.29 is 39.9 Å². The van der Waals surface area contributed by atoms with E-state index in [0.717, 1.165) is 5.56 Å². The highest BCUT2D eigenvalue weighted by Gasteiger charge is 2.78. The fourth-order valence-electron chi connectivity index (χ4n) is 11.8. The molecule has 0 amide bonds. The predicted octanol–water partition coefficient (Wildman–Crippen LogP) is 5.84. The van der Waals surface area contributed by atoms with E-state index >= 15 is 0 Å². The van der Waals surface area contributed by atoms with Crippen LogP contribution in [0, 0.1) is 45.3 Å². The normalized spacial score (nSPS) is 40.8. The molecule has 8 nitrogen and oxygen atoms in total. The summed E-state index contributed by atoms with van der Waals surface area (Å²) in [5.41, 5.74) is -4.52. The Labute approximate surface area is 295 Å². The average Bonchev–Trinajstić information content (AvgIpc) is 3.21. The summed E-state index contributed by atoms with van der Waals surface area (Å²) < 4.78 is 0. The highest BCUT2D eigenvalue weighted by Crippen LogP contribution is 2.78. The topological polar surface area (TPSA) is 152 Å². The molecule has 5 N–H and O–H groups in total. The lowest BCUT2D eigenvalue weighted by atomic mass is 9.36. The van der Waals surface area contributed by atoms with E-state index in [0.29, 0.717) is 30.4 Å². The molecule has 5 aliphatic rings. The van der Waals surface area contributed by atoms with Crippen molar-refractivity contribution in [2.24, 2.45) is 45.3 Å². The number of rotatable bonds is 9. The Hall–Kier alpha value is -3.17. The van der Waals surface area contributed by atoms with Crippen molar-refractivity contribution in [2.45, 2.75) is 110 Å². The van der Waals surface area contributed by atoms with Crippen molar-refractivity contribution >= 4 is 23.6 Å². The number of ketones is 2. The standard InChI is InChI=1S/C42H54O8/c1-24(19-28(44)21-27(36(47)48)20-25(2)43)30-22-41(49)17-18-42(50)29(14-13-26-11-9-8-10-12-26)34-37(3,4)32(46)15-16-38(34,5)33-31(45)23-39(30,6)40(41,7)35(33)42/h8-14,17-18,21,24-25,28-30,34,43-44,49-50H,15-16,19-20,22-23H2,1-7H3,(H,47,48)/t24-,25+,28+,29+,30+,34+,38-,39-,40+,41-,42+/m1/s1. The van der Waals surface area contributed by atoms with E-state index in [4.69, 9.17) is 0 Å². The first-order valence-corrected chi connectivity index (χ1v) is 18.2. The highest BCUT2D eigenvalue weighted by molar-refractivity contribution is 6.02. The van der Waals surface area contributed by atoms with Gasteiger partial charge in [-0.05, 0) is 72.6 Å². The molecule has 0 radical (unpaired) electrons. The average molecular weight is 687 g/mol. The number of carbonyl (C=O) groups is 3. The van der Waals surface area contributed by atoms with Gasteiger partial charge in [0, 0.05) is 52.6 Å². The van der Waals surface area contributed by atoms with Crippen LogP contribution in [0.5, 0.6) is 0 Å². The second-order valence-corrected chi connectivity index (χ2v) is 17.5. The van der Waals surface area contributed by atoms with E-state index < -0.39 is 62.9 Å². The van der Waals surface area contributed by atoms with Crippen molar-refractivity contribution in [2.75, 3.05) is 0 Å². The Morgan fingerprint density at radius 2 is 1.66 bits per heavy atom. The van der Waals surface area contributed by atoms with Gasteiger partial charge < -0.3 is 25.5 Å². The summed E-state index contributed by atoms with van der Waals surface area (Å²) in [4.78, 5) is 40.4. The Morgan fingerprint density at radius 1 is 1.00 bits per heavy atom. The van der Waals surface area contributed by atoms with Crippen molar-refractivity contribution in [1.82, 2.24) is 0 Å². The lowest BCUT2D eigenvalue weighted by molar-refractivity contribution is -0.161. The fraction of sp³-hybridized carbons (Fsp3) is 0.595. The molecule has 0 heterocycles. The van der Waals surface area contributed by atoms with Gasteiger partial charge in [-0.25, -0.2) is 4.79 Å². The largest absolute Gasteiger partial charge is 0.478 e. The van der Waals surface area contributed by atoms with Gasteiger partial charge in [0.25, 0.3) is 0 Å². The van der Waals surface area contributed by atoms with E-state index in [1.807, 2.05) is 77.1 Å². The summed E-state index contributed by atoms with van der Waals surface area (Å²) in [6.45, 7) is 13.5. The van der Waals surface area contributed by atoms with Crippen LogP contribution in [0.2, 0.25) is 0 Å². The smallest absolute Gasteiger partial charge is 0.331 e. The molecule has 0 saturated heterocycles. The Morgan fingerprint density at radius 3 is 2.28 bits per heavy atom. The molecule has 8 heteroatoms. The first kappa shape index (κ1) is 36.6. The third-order valence-corrected chi connectivity index (χ3v) is 14.2. The molecule has 0 aromatic heterocycles. The summed E-state index contributed by atoms with van der Waals surface area (Å²) >= 11 is 0. The molecule has 6 rings (SSSR count). The fourth-order valence-corrected chi connectivity index (χ4v) is 11.8. The highest BCUT2D eigenvalue weighted by atomic mass is 16.4. The van der Waals surface area contributed by atoms with Crippen molar-refractivity contribution in [1.29, 1.82) is 0 Å². The van der Waals surface area contributed by atoms with E-state index in [9.17, 15) is 39.9 Å². The number of carboxylic acids is 1. The van der Waals surface area contributed by atoms with E-state index in [-0.39, 0.29) is 48.2 Å². The lowest BCUT2D eigenvalue weighted by Crippen LogP contribution is -2.69. The van der Waals surface area contributed by atoms with Crippen molar-refractivity contribution in [3.8, 4) is 0 Å². The Kier molecular flexibility index (Phi) is 8.74. The van der Waals surface area contributed by atoms with Gasteiger partial charge in [0.2, 0.25) is 0 Å². The zero-order valence-electron chi connectivity index (χ0n) is 30.4. The first-order valence-electron chi connectivity index (χ1n) is 18.2. The van der Waals surface area contributed by atoms with Crippen LogP contribution < -0.4 is 0 Å². The van der Waals surface area contributed by atoms with Crippen LogP contribution in [0.1, 0.15) is 92.6 Å². The van der Waals surface area contributed by atoms with Crippen molar-refractivity contribution in [3.05, 3.63) is 76.9 Å². The Bertz CT molecular complexity index is 1720. The lowest BCUT2D eigenvalue weighted by Gasteiger charge is -2.68. The number of benzene rings is 1. The molecule has 2 fully saturated rings. The van der Waals surface area contributed by atoms with Crippen LogP contribution in [0.15, 0.2) is 71.4 Å². The molecule has 1 aromatic rings. The van der Waals surface area contributed by atoms with Crippen molar-refractivity contribution in [3.63, 3.8) is 0 Å². The molecule has 0 spiro atoms. The third-order valence-electron chi connectivity index (χ3n) is 14.2. The molecule has 11 atom stereocenters. The maximum atomic E-state index is 14.9. The summed E-state index contributed by atoms with van der Waals surface area (Å²) in [5, 5.41) is 56.6. The molecular formula is C42H54O8. The number of carboxylic acid groups (broad SMARTS) is 1.